The van der Waals surface area contributed by atoms with Crippen molar-refractivity contribution in [3.63, 3.8) is 0 Å². The summed E-state index contributed by atoms with van der Waals surface area (Å²) in [5.41, 5.74) is 2.26. The van der Waals surface area contributed by atoms with Crippen LogP contribution in [0.1, 0.15) is 24.5 Å². The number of hydrogen-bond acceptors (Lipinski definition) is 3. The number of hydrogen-bond donors (Lipinski definition) is 1. The Hall–Kier alpha value is -1.55. The molecule has 4 heteroatoms. The molecule has 1 aromatic rings. The molecule has 4 nitrogen and oxygen atoms in total. The molecule has 1 aromatic carbocycles. The summed E-state index contributed by atoms with van der Waals surface area (Å²) in [6.07, 6.45) is 0.221. The molecule has 0 bridgehead atoms. The van der Waals surface area contributed by atoms with Crippen LogP contribution in [0.2, 0.25) is 0 Å². The minimum absolute atomic E-state index is 0.0461. The van der Waals surface area contributed by atoms with Gasteiger partial charge in [-0.1, -0.05) is 19.1 Å². The van der Waals surface area contributed by atoms with Crippen molar-refractivity contribution in [1.29, 1.82) is 0 Å². The lowest BCUT2D eigenvalue weighted by molar-refractivity contribution is -0.128. The molecule has 0 aliphatic rings. The molecule has 0 aliphatic carbocycles. The summed E-state index contributed by atoms with van der Waals surface area (Å²) in [6.45, 7) is 7.48. The number of ether oxygens (including phenoxy) is 1. The zero-order valence-corrected chi connectivity index (χ0v) is 13.2. The average Bonchev–Trinajstić information content (AvgIpc) is 2.40. The standard InChI is InChI=1S/C16H26N2O2/c1-6-14(16(19)17-10-11-18(4)5)20-15-9-7-8-12(2)13(15)3/h7-9,14H,6,10-11H2,1-5H3,(H,17,19). The third-order valence-corrected chi connectivity index (χ3v) is 3.35. The van der Waals surface area contributed by atoms with E-state index in [9.17, 15) is 4.79 Å². The summed E-state index contributed by atoms with van der Waals surface area (Å²) in [7, 11) is 3.96. The van der Waals surface area contributed by atoms with Gasteiger partial charge in [-0.05, 0) is 51.6 Å². The van der Waals surface area contributed by atoms with Gasteiger partial charge in [-0.25, -0.2) is 0 Å². The first kappa shape index (κ1) is 16.5. The van der Waals surface area contributed by atoms with Gasteiger partial charge in [0.05, 0.1) is 0 Å². The predicted molar refractivity (Wildman–Crippen MR) is 82.2 cm³/mol. The third-order valence-electron chi connectivity index (χ3n) is 3.35. The van der Waals surface area contributed by atoms with Gasteiger partial charge in [-0.15, -0.1) is 0 Å². The number of amides is 1. The molecule has 20 heavy (non-hydrogen) atoms. The largest absolute Gasteiger partial charge is 0.480 e. The predicted octanol–water partition coefficient (Wildman–Crippen LogP) is 2.14. The van der Waals surface area contributed by atoms with E-state index in [0.717, 1.165) is 17.9 Å². The molecule has 1 N–H and O–H groups in total. The van der Waals surface area contributed by atoms with Crippen LogP contribution >= 0.6 is 0 Å². The maximum atomic E-state index is 12.1. The molecule has 0 heterocycles. The molecule has 0 aromatic heterocycles. The molecule has 1 atom stereocenters. The van der Waals surface area contributed by atoms with E-state index in [0.29, 0.717) is 13.0 Å². The van der Waals surface area contributed by atoms with Gasteiger partial charge < -0.3 is 15.0 Å². The van der Waals surface area contributed by atoms with Gasteiger partial charge in [0.25, 0.3) is 5.91 Å². The lowest BCUT2D eigenvalue weighted by Gasteiger charge is -2.20. The SMILES string of the molecule is CCC(Oc1cccc(C)c1C)C(=O)NCCN(C)C. The zero-order valence-electron chi connectivity index (χ0n) is 13.2. The Morgan fingerprint density at radius 3 is 2.65 bits per heavy atom. The first-order chi connectivity index (χ1) is 9.45. The zero-order chi connectivity index (χ0) is 15.1. The summed E-state index contributed by atoms with van der Waals surface area (Å²) in [6, 6.07) is 5.91. The molecule has 0 fully saturated rings. The van der Waals surface area contributed by atoms with Crippen molar-refractivity contribution in [2.45, 2.75) is 33.3 Å². The van der Waals surface area contributed by atoms with Crippen LogP contribution in [0, 0.1) is 13.8 Å². The Morgan fingerprint density at radius 1 is 1.35 bits per heavy atom. The lowest BCUT2D eigenvalue weighted by atomic mass is 10.1. The molecule has 1 rings (SSSR count). The van der Waals surface area contributed by atoms with Crippen molar-refractivity contribution in [3.8, 4) is 5.75 Å². The lowest BCUT2D eigenvalue weighted by Crippen LogP contribution is -2.40. The van der Waals surface area contributed by atoms with Crippen LogP contribution < -0.4 is 10.1 Å². The van der Waals surface area contributed by atoms with Gasteiger partial charge in [-0.2, -0.15) is 0 Å². The topological polar surface area (TPSA) is 41.6 Å². The molecule has 0 saturated carbocycles. The summed E-state index contributed by atoms with van der Waals surface area (Å²) < 4.78 is 5.87. The van der Waals surface area contributed by atoms with Crippen molar-refractivity contribution in [2.75, 3.05) is 27.2 Å². The second-order valence-corrected chi connectivity index (χ2v) is 5.31. The average molecular weight is 278 g/mol. The van der Waals surface area contributed by atoms with Crippen molar-refractivity contribution < 1.29 is 9.53 Å². The third kappa shape index (κ3) is 4.85. The molecular formula is C16H26N2O2. The molecule has 0 spiro atoms. The van der Waals surface area contributed by atoms with E-state index >= 15 is 0 Å². The first-order valence-electron chi connectivity index (χ1n) is 7.11. The summed E-state index contributed by atoms with van der Waals surface area (Å²) in [5, 5.41) is 2.91. The second-order valence-electron chi connectivity index (χ2n) is 5.31. The maximum absolute atomic E-state index is 12.1. The minimum atomic E-state index is -0.433. The molecule has 0 aliphatic heterocycles. The van der Waals surface area contributed by atoms with E-state index in [-0.39, 0.29) is 5.91 Å². The number of likely N-dealkylation sites (N-methyl/N-ethyl adjacent to an activating group) is 1. The molecule has 1 amide bonds. The van der Waals surface area contributed by atoms with Gasteiger partial charge >= 0.3 is 0 Å². The Labute approximate surface area is 122 Å². The van der Waals surface area contributed by atoms with E-state index in [1.807, 2.05) is 58.0 Å². The Morgan fingerprint density at radius 2 is 2.05 bits per heavy atom. The highest BCUT2D eigenvalue weighted by Gasteiger charge is 2.18. The molecule has 0 radical (unpaired) electrons. The van der Waals surface area contributed by atoms with Gasteiger partial charge in [0.15, 0.2) is 6.10 Å². The van der Waals surface area contributed by atoms with Gasteiger partial charge in [0.1, 0.15) is 5.75 Å². The Kier molecular flexibility index (Phi) is 6.52. The van der Waals surface area contributed by atoms with Crippen molar-refractivity contribution in [2.24, 2.45) is 0 Å². The number of carbonyl (C=O) groups excluding carboxylic acids is 1. The summed E-state index contributed by atoms with van der Waals surface area (Å²) >= 11 is 0. The highest BCUT2D eigenvalue weighted by atomic mass is 16.5. The van der Waals surface area contributed by atoms with E-state index < -0.39 is 6.10 Å². The number of rotatable bonds is 7. The van der Waals surface area contributed by atoms with Crippen molar-refractivity contribution in [3.05, 3.63) is 29.3 Å². The smallest absolute Gasteiger partial charge is 0.261 e. The number of nitrogens with zero attached hydrogens (tertiary/aromatic N) is 1. The van der Waals surface area contributed by atoms with Crippen LogP contribution in [0.15, 0.2) is 18.2 Å². The number of carbonyl (C=O) groups is 1. The Balaban J connectivity index is 2.62. The van der Waals surface area contributed by atoms with Crippen molar-refractivity contribution in [1.82, 2.24) is 10.2 Å². The Bertz CT molecular complexity index is 444. The summed E-state index contributed by atoms with van der Waals surface area (Å²) in [5.74, 6) is 0.745. The van der Waals surface area contributed by atoms with Gasteiger partial charge in [-0.3, -0.25) is 4.79 Å². The quantitative estimate of drug-likeness (QED) is 0.831. The monoisotopic (exact) mass is 278 g/mol. The molecule has 112 valence electrons. The molecule has 1 unspecified atom stereocenters. The van der Waals surface area contributed by atoms with Gasteiger partial charge in [0.2, 0.25) is 0 Å². The second kappa shape index (κ2) is 7.90. The number of aryl methyl sites for hydroxylation is 1. The van der Waals surface area contributed by atoms with Crippen LogP contribution in [0.4, 0.5) is 0 Å². The fraction of sp³-hybridized carbons (Fsp3) is 0.562. The van der Waals surface area contributed by atoms with Gasteiger partial charge in [0, 0.05) is 13.1 Å². The fourth-order valence-electron chi connectivity index (χ4n) is 1.84. The molecule has 0 saturated heterocycles. The van der Waals surface area contributed by atoms with E-state index in [4.69, 9.17) is 4.74 Å². The van der Waals surface area contributed by atoms with Crippen molar-refractivity contribution >= 4 is 5.91 Å². The highest BCUT2D eigenvalue weighted by Crippen LogP contribution is 2.22. The van der Waals surface area contributed by atoms with E-state index in [1.165, 1.54) is 5.56 Å². The number of nitrogens with one attached hydrogen (secondary N) is 1. The van der Waals surface area contributed by atoms with Crippen LogP contribution in [0.25, 0.3) is 0 Å². The highest BCUT2D eigenvalue weighted by molar-refractivity contribution is 5.81. The maximum Gasteiger partial charge on any atom is 0.261 e. The summed E-state index contributed by atoms with van der Waals surface area (Å²) in [4.78, 5) is 14.1. The van der Waals surface area contributed by atoms with E-state index in [2.05, 4.69) is 5.32 Å². The van der Waals surface area contributed by atoms with Crippen LogP contribution in [0.3, 0.4) is 0 Å². The van der Waals surface area contributed by atoms with E-state index in [1.54, 1.807) is 0 Å². The minimum Gasteiger partial charge on any atom is -0.480 e. The fourth-order valence-corrected chi connectivity index (χ4v) is 1.84. The molecular weight excluding hydrogens is 252 g/mol. The van der Waals surface area contributed by atoms with Crippen LogP contribution in [0.5, 0.6) is 5.75 Å². The number of benzene rings is 1. The van der Waals surface area contributed by atoms with Crippen LogP contribution in [-0.4, -0.2) is 44.1 Å². The van der Waals surface area contributed by atoms with Crippen LogP contribution in [-0.2, 0) is 4.79 Å². The first-order valence-corrected chi connectivity index (χ1v) is 7.11. The normalized spacial score (nSPS) is 12.3.